The summed E-state index contributed by atoms with van der Waals surface area (Å²) in [5.41, 5.74) is 4.04. The molecule has 14 heteroatoms. The van der Waals surface area contributed by atoms with Crippen LogP contribution in [0.5, 0.6) is 0 Å². The summed E-state index contributed by atoms with van der Waals surface area (Å²) < 4.78 is 0. The van der Waals surface area contributed by atoms with Gasteiger partial charge in [-0.05, 0) is 54.1 Å². The second-order valence-electron chi connectivity index (χ2n) is 14.6. The normalized spacial score (nSPS) is 18.4. The summed E-state index contributed by atoms with van der Waals surface area (Å²) in [6, 6.07) is 3.61. The molecule has 14 nitrogen and oxygen atoms in total. The number of carbonyl (C=O) groups excluding carboxylic acids is 6. The van der Waals surface area contributed by atoms with E-state index in [-0.39, 0.29) is 48.0 Å². The van der Waals surface area contributed by atoms with Crippen LogP contribution in [0.15, 0.2) is 24.3 Å². The van der Waals surface area contributed by atoms with E-state index in [9.17, 15) is 38.7 Å². The van der Waals surface area contributed by atoms with E-state index >= 15 is 0 Å². The number of rotatable bonds is 15. The Hall–Kier alpha value is -4.49. The molecule has 2 fully saturated rings. The van der Waals surface area contributed by atoms with Gasteiger partial charge in [-0.25, -0.2) is 4.79 Å². The maximum absolute atomic E-state index is 14.2. The second kappa shape index (κ2) is 16.1. The number of carboxylic acid groups (broad SMARTS) is 1. The van der Waals surface area contributed by atoms with E-state index in [1.54, 1.807) is 20.8 Å². The summed E-state index contributed by atoms with van der Waals surface area (Å²) in [5, 5.41) is 19.8. The number of benzene rings is 1. The lowest BCUT2D eigenvalue weighted by molar-refractivity contribution is -0.143. The van der Waals surface area contributed by atoms with E-state index in [4.69, 9.17) is 5.73 Å². The number of amides is 6. The van der Waals surface area contributed by atoms with Gasteiger partial charge in [-0.2, -0.15) is 0 Å². The molecule has 2 unspecified atom stereocenters. The maximum atomic E-state index is 14.2. The molecular formula is C34H50N6O8. The fourth-order valence-electron chi connectivity index (χ4n) is 6.09. The van der Waals surface area contributed by atoms with Crippen LogP contribution in [0, 0.1) is 22.7 Å². The zero-order chi connectivity index (χ0) is 35.8. The van der Waals surface area contributed by atoms with E-state index in [2.05, 4.69) is 35.1 Å². The molecule has 2 aliphatic carbocycles. The lowest BCUT2D eigenvalue weighted by Gasteiger charge is -2.36. The second-order valence-corrected chi connectivity index (χ2v) is 14.6. The highest BCUT2D eigenvalue weighted by atomic mass is 16.4. The van der Waals surface area contributed by atoms with Crippen molar-refractivity contribution in [2.45, 2.75) is 85.2 Å². The number of carboxylic acids is 1. The van der Waals surface area contributed by atoms with E-state index in [1.165, 1.54) is 29.2 Å². The Labute approximate surface area is 281 Å². The molecule has 0 bridgehead atoms. The first-order chi connectivity index (χ1) is 22.4. The van der Waals surface area contributed by atoms with Crippen LogP contribution in [-0.2, 0) is 24.0 Å². The van der Waals surface area contributed by atoms with Gasteiger partial charge in [-0.3, -0.25) is 28.8 Å². The topological polar surface area (TPSA) is 217 Å². The molecule has 7 N–H and O–H groups in total. The monoisotopic (exact) mass is 670 g/mol. The zero-order valence-corrected chi connectivity index (χ0v) is 28.5. The minimum Gasteiger partial charge on any atom is -0.478 e. The Bertz CT molecular complexity index is 1400. The maximum Gasteiger partial charge on any atom is 0.336 e. The average molecular weight is 671 g/mol. The first kappa shape index (κ1) is 38.0. The molecule has 1 aromatic rings. The minimum absolute atomic E-state index is 0.0364. The Balaban J connectivity index is 1.75. The lowest BCUT2D eigenvalue weighted by atomic mass is 9.83. The molecular weight excluding hydrogens is 620 g/mol. The van der Waals surface area contributed by atoms with Gasteiger partial charge in [-0.15, -0.1) is 0 Å². The molecule has 0 heterocycles. The largest absolute Gasteiger partial charge is 0.478 e. The van der Waals surface area contributed by atoms with Gasteiger partial charge in [0.25, 0.3) is 5.91 Å². The van der Waals surface area contributed by atoms with E-state index in [1.807, 2.05) is 0 Å². The number of nitrogens with zero attached hydrogens (tertiary/aromatic N) is 1. The van der Waals surface area contributed by atoms with Gasteiger partial charge in [0.2, 0.25) is 29.5 Å². The van der Waals surface area contributed by atoms with Crippen LogP contribution in [0.1, 0.15) is 93.9 Å². The van der Waals surface area contributed by atoms with E-state index < -0.39 is 65.5 Å². The van der Waals surface area contributed by atoms with Crippen LogP contribution in [0.2, 0.25) is 0 Å². The average Bonchev–Trinajstić information content (AvgIpc) is 3.63. The zero-order valence-electron chi connectivity index (χ0n) is 28.5. The van der Waals surface area contributed by atoms with Gasteiger partial charge in [-0.1, -0.05) is 66.0 Å². The third-order valence-corrected chi connectivity index (χ3v) is 9.19. The van der Waals surface area contributed by atoms with Gasteiger partial charge in [0.05, 0.1) is 30.8 Å². The van der Waals surface area contributed by atoms with Crippen molar-refractivity contribution < 1.29 is 38.7 Å². The quantitative estimate of drug-likeness (QED) is 0.159. The van der Waals surface area contributed by atoms with Crippen LogP contribution in [0.4, 0.5) is 0 Å². The van der Waals surface area contributed by atoms with Gasteiger partial charge in [0, 0.05) is 6.54 Å². The van der Waals surface area contributed by atoms with Crippen molar-refractivity contribution in [2.24, 2.45) is 28.4 Å². The number of carbonyl (C=O) groups is 7. The van der Waals surface area contributed by atoms with Crippen molar-refractivity contribution in [1.29, 1.82) is 0 Å². The van der Waals surface area contributed by atoms with Crippen molar-refractivity contribution in [1.82, 2.24) is 26.2 Å². The Morgan fingerprint density at radius 1 is 0.917 bits per heavy atom. The van der Waals surface area contributed by atoms with Crippen molar-refractivity contribution in [3.8, 4) is 0 Å². The Morgan fingerprint density at radius 2 is 1.52 bits per heavy atom. The SMILES string of the molecule is CC1(C)CC1CN(CC(=O)NC(C(=O)NCC(N)=O)C1CCCCC1)C(=O)[C@@H](NC(=O)CNC(=O)c1ccccc1C(=O)O)C(C)(C)C. The number of primary amides is 1. The highest BCUT2D eigenvalue weighted by Crippen LogP contribution is 2.52. The highest BCUT2D eigenvalue weighted by molar-refractivity contribution is 6.05. The molecule has 0 spiro atoms. The molecule has 6 amide bonds. The van der Waals surface area contributed by atoms with Gasteiger partial charge < -0.3 is 37.0 Å². The molecule has 2 aliphatic rings. The van der Waals surface area contributed by atoms with Crippen molar-refractivity contribution >= 4 is 41.4 Å². The number of hydrogen-bond donors (Lipinski definition) is 6. The Kier molecular flexibility index (Phi) is 12.7. The van der Waals surface area contributed by atoms with Crippen LogP contribution >= 0.6 is 0 Å². The third kappa shape index (κ3) is 10.8. The summed E-state index contributed by atoms with van der Waals surface area (Å²) in [4.78, 5) is 90.8. The number of nitrogens with two attached hydrogens (primary N) is 1. The standard InChI is InChI=1S/C34H50N6O8/c1-33(2,3)28(39-25(42)17-37-29(44)22-13-9-10-14-23(22)32(47)48)31(46)40(18-21-15-34(21,4)5)19-26(43)38-27(20-11-7-6-8-12-20)30(45)36-16-24(35)41/h9-10,13-14,20-21,27-28H,6-8,11-12,15-19H2,1-5H3,(H2,35,41)(H,36,45)(H,37,44)(H,38,43)(H,39,42)(H,47,48)/t21?,27?,28-/m1/s1. The Morgan fingerprint density at radius 3 is 2.06 bits per heavy atom. The molecule has 0 saturated heterocycles. The molecule has 48 heavy (non-hydrogen) atoms. The number of aromatic carboxylic acids is 1. The van der Waals surface area contributed by atoms with Crippen LogP contribution in [-0.4, -0.2) is 89.7 Å². The van der Waals surface area contributed by atoms with Crippen molar-refractivity contribution in [2.75, 3.05) is 26.2 Å². The molecule has 0 radical (unpaired) electrons. The fourth-order valence-corrected chi connectivity index (χ4v) is 6.09. The molecule has 3 atom stereocenters. The van der Waals surface area contributed by atoms with E-state index in [0.717, 1.165) is 38.5 Å². The van der Waals surface area contributed by atoms with Crippen molar-refractivity contribution in [3.05, 3.63) is 35.4 Å². The predicted octanol–water partition coefficient (Wildman–Crippen LogP) is 1.19. The molecule has 3 rings (SSSR count). The summed E-state index contributed by atoms with van der Waals surface area (Å²) in [6.45, 7) is 8.44. The van der Waals surface area contributed by atoms with Gasteiger partial charge in [0.15, 0.2) is 0 Å². The smallest absolute Gasteiger partial charge is 0.336 e. The molecule has 0 aromatic heterocycles. The fraction of sp³-hybridized carbons (Fsp3) is 0.618. The van der Waals surface area contributed by atoms with Crippen LogP contribution < -0.4 is 27.0 Å². The van der Waals surface area contributed by atoms with Crippen LogP contribution in [0.3, 0.4) is 0 Å². The van der Waals surface area contributed by atoms with Gasteiger partial charge >= 0.3 is 5.97 Å². The van der Waals surface area contributed by atoms with Crippen LogP contribution in [0.25, 0.3) is 0 Å². The van der Waals surface area contributed by atoms with Gasteiger partial charge in [0.1, 0.15) is 12.1 Å². The summed E-state index contributed by atoms with van der Waals surface area (Å²) in [6.07, 6.45) is 5.13. The molecule has 2 saturated carbocycles. The first-order valence-electron chi connectivity index (χ1n) is 16.4. The lowest BCUT2D eigenvalue weighted by Crippen LogP contribution is -2.59. The number of nitrogens with one attached hydrogen (secondary N) is 4. The summed E-state index contributed by atoms with van der Waals surface area (Å²) >= 11 is 0. The molecule has 264 valence electrons. The number of hydrogen-bond acceptors (Lipinski definition) is 7. The molecule has 1 aromatic carbocycles. The summed E-state index contributed by atoms with van der Waals surface area (Å²) in [5.74, 6) is -5.01. The highest BCUT2D eigenvalue weighted by Gasteiger charge is 2.48. The minimum atomic E-state index is -1.29. The summed E-state index contributed by atoms with van der Waals surface area (Å²) in [7, 11) is 0. The predicted molar refractivity (Wildman–Crippen MR) is 176 cm³/mol. The van der Waals surface area contributed by atoms with E-state index in [0.29, 0.717) is 0 Å². The first-order valence-corrected chi connectivity index (χ1v) is 16.4. The third-order valence-electron chi connectivity index (χ3n) is 9.19. The van der Waals surface area contributed by atoms with Crippen molar-refractivity contribution in [3.63, 3.8) is 0 Å². The molecule has 0 aliphatic heterocycles.